The molecule has 32 nitrogen and oxygen atoms in total. The van der Waals surface area contributed by atoms with Gasteiger partial charge in [-0.05, 0) is 106 Å². The fourth-order valence-electron chi connectivity index (χ4n) is 11.6. The number of nitrogens with zero attached hydrogens (tertiary/aromatic N) is 4. The topological polar surface area (TPSA) is 472 Å². The Morgan fingerprint density at radius 2 is 1.37 bits per heavy atom. The van der Waals surface area contributed by atoms with Gasteiger partial charge in [0, 0.05) is 81.6 Å². The monoisotopic (exact) mass is 1430 g/mol. The first-order valence-electron chi connectivity index (χ1n) is 32.4. The number of carboxylic acids is 1. The number of unbranched alkanes of at least 4 members (excludes halogenated alkanes) is 6. The number of aliphatic hydroxyl groups excluding tert-OH is 6. The number of phenolic OH excluding ortho intramolecular Hbond substituents is 1. The Morgan fingerprint density at radius 1 is 0.737 bits per heavy atom. The second kappa shape index (κ2) is 40.7. The van der Waals surface area contributed by atoms with Crippen molar-refractivity contribution >= 4 is 71.0 Å². The van der Waals surface area contributed by atoms with Crippen LogP contribution in [0.3, 0.4) is 0 Å². The number of aromatic hydroxyl groups is 1. The van der Waals surface area contributed by atoms with Gasteiger partial charge in [-0.2, -0.15) is 0 Å². The zero-order valence-corrected chi connectivity index (χ0v) is 59.0. The Labute approximate surface area is 601 Å². The molecule has 3 aliphatic heterocycles. The van der Waals surface area contributed by atoms with Crippen LogP contribution in [0.1, 0.15) is 107 Å². The summed E-state index contributed by atoms with van der Waals surface area (Å²) in [7, 11) is 1.69. The normalized spacial score (nSPS) is 23.6. The van der Waals surface area contributed by atoms with Crippen LogP contribution >= 0.6 is 23.7 Å². The molecule has 0 radical (unpaired) electrons. The number of benzene rings is 3. The molecule has 4 heterocycles. The quantitative estimate of drug-likeness (QED) is 0.00758. The Hall–Kier alpha value is -6.71. The van der Waals surface area contributed by atoms with Gasteiger partial charge in [-0.25, -0.2) is 0 Å². The smallest absolute Gasteiger partial charge is 0.691 e. The molecule has 0 aliphatic carbocycles. The second-order valence-electron chi connectivity index (χ2n) is 24.5. The molecule has 3 saturated heterocycles. The van der Waals surface area contributed by atoms with E-state index < -0.39 is 164 Å². The number of ether oxygens (including phenoxy) is 2. The molecular formula is C64H87N10NaO22S2. The van der Waals surface area contributed by atoms with Crippen molar-refractivity contribution in [3.05, 3.63) is 77.9 Å². The fraction of sp³-hybridized carbons (Fsp3) is 0.562. The van der Waals surface area contributed by atoms with Gasteiger partial charge in [0.1, 0.15) is 52.0 Å². The molecule has 538 valence electrons. The van der Waals surface area contributed by atoms with E-state index in [9.17, 15) is 74.6 Å². The maximum Gasteiger partial charge on any atom is 1.00 e. The maximum absolute atomic E-state index is 15.0. The molecule has 0 bridgehead atoms. The van der Waals surface area contributed by atoms with Gasteiger partial charge in [0.2, 0.25) is 35.4 Å². The van der Waals surface area contributed by atoms with Crippen LogP contribution in [0.2, 0.25) is 0 Å². The van der Waals surface area contributed by atoms with Crippen molar-refractivity contribution in [2.75, 3.05) is 53.0 Å². The molecule has 0 saturated carbocycles. The molecule has 3 fully saturated rings. The molecular weight excluding hydrogens is 1350 g/mol. The van der Waals surface area contributed by atoms with Gasteiger partial charge in [-0.1, -0.05) is 62.1 Å². The van der Waals surface area contributed by atoms with Gasteiger partial charge in [0.05, 0.1) is 43.2 Å². The summed E-state index contributed by atoms with van der Waals surface area (Å²) in [6, 6.07) is 5.75. The number of aliphatic hydroxyl groups is 6. The Kier molecular flexibility index (Phi) is 33.4. The van der Waals surface area contributed by atoms with E-state index in [4.69, 9.17) is 18.8 Å². The van der Waals surface area contributed by atoms with E-state index in [1.54, 1.807) is 19.2 Å². The van der Waals surface area contributed by atoms with Crippen LogP contribution in [-0.2, 0) is 54.1 Å². The summed E-state index contributed by atoms with van der Waals surface area (Å²) in [5.41, 5.74) is 1.49. The number of carbonyl (C=O) groups is 8. The van der Waals surface area contributed by atoms with Crippen molar-refractivity contribution in [2.24, 2.45) is 5.92 Å². The molecule has 3 aromatic carbocycles. The van der Waals surface area contributed by atoms with Crippen molar-refractivity contribution in [1.82, 2.24) is 51.9 Å². The zero-order chi connectivity index (χ0) is 71.0. The molecule has 7 rings (SSSR count). The molecule has 0 spiro atoms. The number of β-amino-alcohol motifs (C(OH)–C–C–N with tert-alkyl or cyclic N) is 1. The van der Waals surface area contributed by atoms with Gasteiger partial charge < -0.3 is 101 Å². The first kappa shape index (κ1) is 81.3. The van der Waals surface area contributed by atoms with Crippen molar-refractivity contribution in [2.45, 2.75) is 170 Å². The zero-order valence-electron chi connectivity index (χ0n) is 55.4. The van der Waals surface area contributed by atoms with Crippen LogP contribution in [0.15, 0.2) is 66.7 Å². The number of aromatic nitrogens is 2. The number of nitrogens with one attached hydrogen (secondary N) is 6. The molecule has 14 N–H and O–H groups in total. The predicted molar refractivity (Wildman–Crippen MR) is 348 cm³/mol. The molecule has 13 atom stereocenters. The van der Waals surface area contributed by atoms with Crippen LogP contribution in [0.5, 0.6) is 17.2 Å². The number of hydrogen-bond donors (Lipinski definition) is 14. The number of carbonyl (C=O) groups excluding carboxylic acids is 7. The third-order valence-electron chi connectivity index (χ3n) is 16.9. The summed E-state index contributed by atoms with van der Waals surface area (Å²) in [5.74, 6) is -9.78. The number of fused-ring (bicyclic) bond motifs is 2. The van der Waals surface area contributed by atoms with Gasteiger partial charge in [-0.3, -0.25) is 43.4 Å². The number of aliphatic carboxylic acids is 1. The van der Waals surface area contributed by atoms with Crippen molar-refractivity contribution in [3.8, 4) is 38.4 Å². The predicted octanol–water partition coefficient (Wildman–Crippen LogP) is -3.70. The van der Waals surface area contributed by atoms with E-state index in [0.29, 0.717) is 53.7 Å². The van der Waals surface area contributed by atoms with E-state index in [1.807, 2.05) is 24.3 Å². The van der Waals surface area contributed by atoms with E-state index in [0.717, 1.165) is 73.1 Å². The SMILES string of the molecule is COCCCCCCCOc1ccc(-c2nnc(-c3ccc(C(=O)N[C@H]4C[C@H](O)CNC(=O)[C@@H]5[C@@H](O)[C@H](C)CN5C(=O)[C@H]([C@H](O)CCNCCCCCC(=O)O)NC(=O)[C@H]([C@H](O)Cc5ccc(O)c(OSOO[O-])c5)NC(=O)[C@@H]5C[C@H](O)CN5C(=O)[C@H]([C@H](C)O)NC4=O)cc3)s2)cc1.[Na+]. The number of rotatable bonds is 31. The maximum atomic E-state index is 15.0. The molecule has 4 aromatic rings. The number of amides is 7. The molecule has 99 heavy (non-hydrogen) atoms. The number of methoxy groups -OCH3 is 1. The minimum atomic E-state index is -2.15. The molecule has 7 amide bonds. The summed E-state index contributed by atoms with van der Waals surface area (Å²) in [6.45, 7) is 2.71. The van der Waals surface area contributed by atoms with Crippen molar-refractivity contribution in [3.63, 3.8) is 0 Å². The second-order valence-corrected chi connectivity index (χ2v) is 25.9. The minimum absolute atomic E-state index is 0. The summed E-state index contributed by atoms with van der Waals surface area (Å²) in [6.07, 6.45) is -5.77. The van der Waals surface area contributed by atoms with E-state index in [1.165, 1.54) is 36.5 Å². The van der Waals surface area contributed by atoms with Gasteiger partial charge in [0.25, 0.3) is 18.2 Å². The largest absolute Gasteiger partial charge is 1.00 e. The van der Waals surface area contributed by atoms with E-state index in [-0.39, 0.29) is 84.7 Å². The third kappa shape index (κ3) is 24.0. The van der Waals surface area contributed by atoms with Crippen LogP contribution in [0.4, 0.5) is 0 Å². The van der Waals surface area contributed by atoms with Crippen molar-refractivity contribution < 1.29 is 137 Å². The summed E-state index contributed by atoms with van der Waals surface area (Å²) in [4.78, 5) is 115. The standard InChI is InChI=1S/C64H88N10O22S2.Na/c1-35-33-74-54(55(35)83)60(88)66-32-41(76)30-44(67-56(84)38-14-16-39(17-15-38)61-71-72-62(97-61)40-18-20-43(21-19-40)93-27-11-6-4-5-10-26-92-3)57(85)68-51(36(2)75)63(89)73-34-42(77)31-45(73)58(86)69-52(48(80)28-37-13-22-46(78)49(29-37)94-98-96-95-91)59(87)70-53(64(74)90)47(79)23-25-65-24-9-7-8-12-50(81)82;/h13-22,29,35-36,41-42,44-45,47-48,51-55,65,75-80,83,91H,4-12,23-28,30-34H2,1-3H3,(H,66,88)(H,67,84)(H,68,85)(H,69,86)(H,70,87)(H,81,82);/q;+1/p-1/t35-,36+,41+,42+,44+,45+,47-,48-,51+,52+,53+,54+,55+;/m1./s1. The molecule has 1 aromatic heterocycles. The molecule has 3 aliphatic rings. The van der Waals surface area contributed by atoms with Crippen LogP contribution in [0.25, 0.3) is 21.1 Å². The van der Waals surface area contributed by atoms with Crippen LogP contribution in [-0.4, -0.2) is 234 Å². The fourth-order valence-corrected chi connectivity index (χ4v) is 12.7. The minimum Gasteiger partial charge on any atom is -0.691 e. The Bertz CT molecular complexity index is 3290. The summed E-state index contributed by atoms with van der Waals surface area (Å²) < 4.78 is 20.3. The molecule has 35 heteroatoms. The Morgan fingerprint density at radius 3 is 2.04 bits per heavy atom. The number of carboxylic acid groups (broad SMARTS) is 1. The van der Waals surface area contributed by atoms with Gasteiger partial charge >= 0.3 is 35.5 Å². The van der Waals surface area contributed by atoms with Crippen LogP contribution in [0, 0.1) is 5.92 Å². The number of hydrogen-bond acceptors (Lipinski definition) is 26. The van der Waals surface area contributed by atoms with Gasteiger partial charge in [0.15, 0.2) is 11.5 Å². The van der Waals surface area contributed by atoms with Crippen LogP contribution < -0.4 is 75.6 Å². The summed E-state index contributed by atoms with van der Waals surface area (Å²) in [5, 5.41) is 128. The first-order chi connectivity index (χ1) is 47.0. The van der Waals surface area contributed by atoms with E-state index >= 15 is 4.79 Å². The van der Waals surface area contributed by atoms with Crippen molar-refractivity contribution in [1.29, 1.82) is 0 Å². The van der Waals surface area contributed by atoms with Gasteiger partial charge in [-0.15, -0.1) is 14.5 Å². The Balaban J connectivity index is 0.0000155. The number of phenols is 1. The average Bonchev–Trinajstić information content (AvgIpc) is 1.68. The molecule has 0 unspecified atom stereocenters. The first-order valence-corrected chi connectivity index (χ1v) is 33.9. The van der Waals surface area contributed by atoms with E-state index in [2.05, 4.69) is 51.5 Å². The summed E-state index contributed by atoms with van der Waals surface area (Å²) >= 11 is 1.30. The third-order valence-corrected chi connectivity index (χ3v) is 18.3. The average molecular weight is 1440 g/mol.